The summed E-state index contributed by atoms with van der Waals surface area (Å²) in [6, 6.07) is 7.88. The van der Waals surface area contributed by atoms with Gasteiger partial charge in [-0.25, -0.2) is 9.97 Å². The van der Waals surface area contributed by atoms with Gasteiger partial charge >= 0.3 is 0 Å². The highest BCUT2D eigenvalue weighted by molar-refractivity contribution is 7.99. The highest BCUT2D eigenvalue weighted by Gasteiger charge is 2.05. The van der Waals surface area contributed by atoms with E-state index in [-0.39, 0.29) is 0 Å². The summed E-state index contributed by atoms with van der Waals surface area (Å²) >= 11 is 7.83. The van der Waals surface area contributed by atoms with Crippen LogP contribution in [0.25, 0.3) is 0 Å². The standard InChI is InChI=1S/C15H18ClN3S/c1-11(2)9-17-10-12-4-5-13(8-14(12)16)20-15-18-6-3-7-19-15/h3-8,11,17H,9-10H2,1-2H3. The van der Waals surface area contributed by atoms with Gasteiger partial charge in [0.15, 0.2) is 5.16 Å². The van der Waals surface area contributed by atoms with Crippen LogP contribution in [0.4, 0.5) is 0 Å². The molecule has 2 rings (SSSR count). The van der Waals surface area contributed by atoms with Gasteiger partial charge in [0, 0.05) is 28.9 Å². The van der Waals surface area contributed by atoms with Gasteiger partial charge in [0.25, 0.3) is 0 Å². The highest BCUT2D eigenvalue weighted by atomic mass is 35.5. The maximum Gasteiger partial charge on any atom is 0.192 e. The molecule has 1 heterocycles. The van der Waals surface area contributed by atoms with E-state index >= 15 is 0 Å². The molecule has 0 aliphatic carbocycles. The Morgan fingerprint density at radius 2 is 2.00 bits per heavy atom. The van der Waals surface area contributed by atoms with Gasteiger partial charge in [-0.3, -0.25) is 0 Å². The number of nitrogens with zero attached hydrogens (tertiary/aromatic N) is 2. The Balaban J connectivity index is 1.98. The second-order valence-corrected chi connectivity index (χ2v) is 6.36. The molecule has 2 aromatic rings. The molecule has 1 aromatic heterocycles. The van der Waals surface area contributed by atoms with Crippen molar-refractivity contribution in [3.63, 3.8) is 0 Å². The summed E-state index contributed by atoms with van der Waals surface area (Å²) in [4.78, 5) is 9.43. The maximum absolute atomic E-state index is 6.32. The van der Waals surface area contributed by atoms with E-state index in [9.17, 15) is 0 Å². The number of rotatable bonds is 6. The van der Waals surface area contributed by atoms with Gasteiger partial charge in [0.1, 0.15) is 0 Å². The van der Waals surface area contributed by atoms with Gasteiger partial charge in [-0.1, -0.05) is 31.5 Å². The van der Waals surface area contributed by atoms with Crippen molar-refractivity contribution in [2.24, 2.45) is 5.92 Å². The molecule has 20 heavy (non-hydrogen) atoms. The molecule has 1 N–H and O–H groups in total. The second-order valence-electron chi connectivity index (χ2n) is 4.91. The normalized spacial score (nSPS) is 11.0. The molecule has 0 unspecified atom stereocenters. The third-order valence-corrected chi connectivity index (χ3v) is 3.88. The maximum atomic E-state index is 6.32. The van der Waals surface area contributed by atoms with E-state index in [4.69, 9.17) is 11.6 Å². The lowest BCUT2D eigenvalue weighted by Gasteiger charge is -2.09. The van der Waals surface area contributed by atoms with E-state index in [1.807, 2.05) is 6.07 Å². The molecule has 0 amide bonds. The van der Waals surface area contributed by atoms with Crippen LogP contribution in [-0.4, -0.2) is 16.5 Å². The summed E-state index contributed by atoms with van der Waals surface area (Å²) in [6.07, 6.45) is 3.47. The number of aromatic nitrogens is 2. The van der Waals surface area contributed by atoms with Crippen molar-refractivity contribution in [3.05, 3.63) is 47.2 Å². The van der Waals surface area contributed by atoms with Crippen molar-refractivity contribution >= 4 is 23.4 Å². The molecule has 3 nitrogen and oxygen atoms in total. The molecule has 0 saturated heterocycles. The van der Waals surface area contributed by atoms with Gasteiger partial charge in [-0.15, -0.1) is 0 Å². The molecule has 0 aliphatic heterocycles. The number of halogens is 1. The van der Waals surface area contributed by atoms with E-state index in [1.165, 1.54) is 11.8 Å². The average molecular weight is 308 g/mol. The van der Waals surface area contributed by atoms with Crippen molar-refractivity contribution in [3.8, 4) is 0 Å². The van der Waals surface area contributed by atoms with Gasteiger partial charge in [-0.05, 0) is 48.0 Å². The number of benzene rings is 1. The average Bonchev–Trinajstić information content (AvgIpc) is 2.42. The third kappa shape index (κ3) is 4.78. The Bertz CT molecular complexity index is 546. The Hall–Kier alpha value is -1.10. The summed E-state index contributed by atoms with van der Waals surface area (Å²) < 4.78 is 0. The molecule has 0 atom stereocenters. The molecule has 1 aromatic carbocycles. The first kappa shape index (κ1) is 15.3. The van der Waals surface area contributed by atoms with Crippen LogP contribution >= 0.6 is 23.4 Å². The minimum atomic E-state index is 0.638. The number of hydrogen-bond donors (Lipinski definition) is 1. The molecule has 0 saturated carbocycles. The van der Waals surface area contributed by atoms with Gasteiger partial charge in [0.2, 0.25) is 0 Å². The van der Waals surface area contributed by atoms with Gasteiger partial charge < -0.3 is 5.32 Å². The lowest BCUT2D eigenvalue weighted by atomic mass is 10.2. The van der Waals surface area contributed by atoms with Crippen LogP contribution in [0.2, 0.25) is 5.02 Å². The lowest BCUT2D eigenvalue weighted by Crippen LogP contribution is -2.19. The molecular weight excluding hydrogens is 290 g/mol. The molecular formula is C15H18ClN3S. The van der Waals surface area contributed by atoms with E-state index in [0.29, 0.717) is 5.92 Å². The van der Waals surface area contributed by atoms with Crippen molar-refractivity contribution < 1.29 is 0 Å². The van der Waals surface area contributed by atoms with Crippen LogP contribution in [0.3, 0.4) is 0 Å². The van der Waals surface area contributed by atoms with Gasteiger partial charge in [-0.2, -0.15) is 0 Å². The first-order chi connectivity index (χ1) is 9.65. The summed E-state index contributed by atoms with van der Waals surface area (Å²) in [5.74, 6) is 0.638. The monoisotopic (exact) mass is 307 g/mol. The molecule has 0 aliphatic rings. The lowest BCUT2D eigenvalue weighted by molar-refractivity contribution is 0.552. The van der Waals surface area contributed by atoms with Crippen molar-refractivity contribution in [2.45, 2.75) is 30.4 Å². The fourth-order valence-corrected chi connectivity index (χ4v) is 2.74. The third-order valence-electron chi connectivity index (χ3n) is 2.64. The molecule has 5 heteroatoms. The molecule has 0 fully saturated rings. The van der Waals surface area contributed by atoms with E-state index < -0.39 is 0 Å². The molecule has 0 bridgehead atoms. The SMILES string of the molecule is CC(C)CNCc1ccc(Sc2ncccn2)cc1Cl. The Morgan fingerprint density at radius 1 is 1.25 bits per heavy atom. The largest absolute Gasteiger partial charge is 0.312 e. The summed E-state index contributed by atoms with van der Waals surface area (Å²) in [5, 5.41) is 4.91. The van der Waals surface area contributed by atoms with Crippen LogP contribution in [0, 0.1) is 5.92 Å². The van der Waals surface area contributed by atoms with E-state index in [2.05, 4.69) is 41.3 Å². The number of nitrogens with one attached hydrogen (secondary N) is 1. The second kappa shape index (κ2) is 7.62. The zero-order valence-electron chi connectivity index (χ0n) is 11.6. The predicted octanol–water partition coefficient (Wildman–Crippen LogP) is 4.03. The van der Waals surface area contributed by atoms with Crippen LogP contribution in [0.1, 0.15) is 19.4 Å². The Kier molecular flexibility index (Phi) is 5.83. The first-order valence-electron chi connectivity index (χ1n) is 6.59. The zero-order valence-corrected chi connectivity index (χ0v) is 13.2. The van der Waals surface area contributed by atoms with Crippen molar-refractivity contribution in [2.75, 3.05) is 6.54 Å². The van der Waals surface area contributed by atoms with Crippen LogP contribution in [0.5, 0.6) is 0 Å². The van der Waals surface area contributed by atoms with E-state index in [1.54, 1.807) is 18.5 Å². The summed E-state index contributed by atoms with van der Waals surface area (Å²) in [7, 11) is 0. The topological polar surface area (TPSA) is 37.8 Å². The summed E-state index contributed by atoms with van der Waals surface area (Å²) in [5.41, 5.74) is 1.12. The highest BCUT2D eigenvalue weighted by Crippen LogP contribution is 2.28. The Labute approximate surface area is 129 Å². The molecule has 0 radical (unpaired) electrons. The van der Waals surface area contributed by atoms with Crippen molar-refractivity contribution in [1.82, 2.24) is 15.3 Å². The van der Waals surface area contributed by atoms with E-state index in [0.717, 1.165) is 33.7 Å². The fourth-order valence-electron chi connectivity index (χ4n) is 1.67. The smallest absolute Gasteiger partial charge is 0.192 e. The Morgan fingerprint density at radius 3 is 2.65 bits per heavy atom. The predicted molar refractivity (Wildman–Crippen MR) is 84.2 cm³/mol. The number of hydrogen-bond acceptors (Lipinski definition) is 4. The minimum Gasteiger partial charge on any atom is -0.312 e. The van der Waals surface area contributed by atoms with Crippen LogP contribution < -0.4 is 5.32 Å². The first-order valence-corrected chi connectivity index (χ1v) is 7.78. The van der Waals surface area contributed by atoms with Crippen LogP contribution in [0.15, 0.2) is 46.7 Å². The molecule has 0 spiro atoms. The molecule has 106 valence electrons. The minimum absolute atomic E-state index is 0.638. The quantitative estimate of drug-likeness (QED) is 0.818. The van der Waals surface area contributed by atoms with Gasteiger partial charge in [0.05, 0.1) is 0 Å². The van der Waals surface area contributed by atoms with Crippen molar-refractivity contribution in [1.29, 1.82) is 0 Å². The van der Waals surface area contributed by atoms with Crippen LogP contribution in [-0.2, 0) is 6.54 Å². The fraction of sp³-hybridized carbons (Fsp3) is 0.333. The zero-order chi connectivity index (χ0) is 14.4. The summed E-state index contributed by atoms with van der Waals surface area (Å²) in [6.45, 7) is 6.16.